The van der Waals surface area contributed by atoms with Crippen molar-refractivity contribution in [3.63, 3.8) is 0 Å². The largest absolute Gasteiger partial charge is 0.495 e. The van der Waals surface area contributed by atoms with Crippen LogP contribution < -0.4 is 10.1 Å². The minimum absolute atomic E-state index is 0.0122. The lowest BCUT2D eigenvalue weighted by molar-refractivity contribution is -0.116. The highest BCUT2D eigenvalue weighted by molar-refractivity contribution is 5.91. The molecule has 0 saturated heterocycles. The van der Waals surface area contributed by atoms with Crippen molar-refractivity contribution in [2.45, 2.75) is 19.8 Å². The van der Waals surface area contributed by atoms with E-state index < -0.39 is 0 Å². The van der Waals surface area contributed by atoms with Crippen molar-refractivity contribution in [3.8, 4) is 11.4 Å². The Hall–Kier alpha value is -3.08. The Morgan fingerprint density at radius 1 is 1.20 bits per heavy atom. The molecule has 0 aliphatic heterocycles. The minimum atomic E-state index is -0.0122. The van der Waals surface area contributed by atoms with E-state index in [1.54, 1.807) is 13.4 Å². The SMILES string of the molecule is COc1ccc(NC(=O)CCc2ccccc2)cc1-n1cnc(C)c1. The number of hydrogen-bond donors (Lipinski definition) is 1. The number of carbonyl (C=O) groups excluding carboxylic acids is 1. The van der Waals surface area contributed by atoms with Gasteiger partial charge in [-0.15, -0.1) is 0 Å². The van der Waals surface area contributed by atoms with Gasteiger partial charge in [0.05, 0.1) is 24.8 Å². The van der Waals surface area contributed by atoms with E-state index in [2.05, 4.69) is 10.3 Å². The standard InChI is InChI=1S/C20H21N3O2/c1-15-13-23(14-21-15)18-12-17(9-10-19(18)25-2)22-20(24)11-8-16-6-4-3-5-7-16/h3-7,9-10,12-14H,8,11H2,1-2H3,(H,22,24). The maximum Gasteiger partial charge on any atom is 0.224 e. The van der Waals surface area contributed by atoms with Gasteiger partial charge in [-0.05, 0) is 37.1 Å². The van der Waals surface area contributed by atoms with Crippen LogP contribution in [0.25, 0.3) is 5.69 Å². The fraction of sp³-hybridized carbons (Fsp3) is 0.200. The van der Waals surface area contributed by atoms with Crippen LogP contribution in [-0.2, 0) is 11.2 Å². The molecule has 0 unspecified atom stereocenters. The number of rotatable bonds is 6. The van der Waals surface area contributed by atoms with E-state index in [4.69, 9.17) is 4.74 Å². The highest BCUT2D eigenvalue weighted by atomic mass is 16.5. The number of amides is 1. The second-order valence-electron chi connectivity index (χ2n) is 5.84. The molecule has 0 saturated carbocycles. The summed E-state index contributed by atoms with van der Waals surface area (Å²) in [5, 5.41) is 2.95. The zero-order valence-corrected chi connectivity index (χ0v) is 14.4. The van der Waals surface area contributed by atoms with Gasteiger partial charge >= 0.3 is 0 Å². The van der Waals surface area contributed by atoms with E-state index in [-0.39, 0.29) is 5.91 Å². The molecule has 1 N–H and O–H groups in total. The molecule has 128 valence electrons. The zero-order chi connectivity index (χ0) is 17.6. The molecule has 0 spiro atoms. The topological polar surface area (TPSA) is 56.1 Å². The first kappa shape index (κ1) is 16.8. The molecule has 0 fully saturated rings. The lowest BCUT2D eigenvalue weighted by atomic mass is 10.1. The Labute approximate surface area is 147 Å². The Balaban J connectivity index is 1.71. The second-order valence-corrected chi connectivity index (χ2v) is 5.84. The fourth-order valence-corrected chi connectivity index (χ4v) is 2.65. The predicted octanol–water partition coefficient (Wildman–Crippen LogP) is 3.76. The Morgan fingerprint density at radius 2 is 2.00 bits per heavy atom. The van der Waals surface area contributed by atoms with Gasteiger partial charge in [-0.25, -0.2) is 4.98 Å². The smallest absolute Gasteiger partial charge is 0.224 e. The summed E-state index contributed by atoms with van der Waals surface area (Å²) in [6.07, 6.45) is 4.80. The number of anilines is 1. The number of hydrogen-bond acceptors (Lipinski definition) is 3. The van der Waals surface area contributed by atoms with Crippen molar-refractivity contribution in [1.82, 2.24) is 9.55 Å². The van der Waals surface area contributed by atoms with Gasteiger partial charge in [-0.3, -0.25) is 4.79 Å². The van der Waals surface area contributed by atoms with Crippen LogP contribution in [0.15, 0.2) is 61.1 Å². The number of aryl methyl sites for hydroxylation is 2. The zero-order valence-electron chi connectivity index (χ0n) is 14.4. The van der Waals surface area contributed by atoms with Gasteiger partial charge in [-0.1, -0.05) is 30.3 Å². The number of benzene rings is 2. The maximum atomic E-state index is 12.2. The summed E-state index contributed by atoms with van der Waals surface area (Å²) in [6.45, 7) is 1.93. The van der Waals surface area contributed by atoms with Gasteiger partial charge < -0.3 is 14.6 Å². The lowest BCUT2D eigenvalue weighted by Gasteiger charge is -2.12. The normalized spacial score (nSPS) is 10.5. The molecular formula is C20H21N3O2. The van der Waals surface area contributed by atoms with Crippen molar-refractivity contribution in [2.75, 3.05) is 12.4 Å². The van der Waals surface area contributed by atoms with Gasteiger partial charge in [0.2, 0.25) is 5.91 Å². The number of methoxy groups -OCH3 is 1. The molecule has 5 nitrogen and oxygen atoms in total. The number of aromatic nitrogens is 2. The number of imidazole rings is 1. The van der Waals surface area contributed by atoms with Crippen LogP contribution in [0.3, 0.4) is 0 Å². The van der Waals surface area contributed by atoms with Crippen LogP contribution in [0.2, 0.25) is 0 Å². The van der Waals surface area contributed by atoms with Crippen LogP contribution >= 0.6 is 0 Å². The molecule has 25 heavy (non-hydrogen) atoms. The average Bonchev–Trinajstić information content (AvgIpc) is 3.07. The van der Waals surface area contributed by atoms with Gasteiger partial charge in [0, 0.05) is 18.3 Å². The monoisotopic (exact) mass is 335 g/mol. The van der Waals surface area contributed by atoms with E-state index in [9.17, 15) is 4.79 Å². The lowest BCUT2D eigenvalue weighted by Crippen LogP contribution is -2.12. The van der Waals surface area contributed by atoms with Crippen molar-refractivity contribution in [2.24, 2.45) is 0 Å². The van der Waals surface area contributed by atoms with E-state index in [1.165, 1.54) is 0 Å². The predicted molar refractivity (Wildman–Crippen MR) is 98.2 cm³/mol. The molecule has 0 aliphatic carbocycles. The summed E-state index contributed by atoms with van der Waals surface area (Å²) < 4.78 is 7.30. The number of nitrogens with zero attached hydrogens (tertiary/aromatic N) is 2. The number of ether oxygens (including phenoxy) is 1. The first-order chi connectivity index (χ1) is 12.2. The molecule has 0 radical (unpaired) electrons. The van der Waals surface area contributed by atoms with Crippen LogP contribution in [-0.4, -0.2) is 22.6 Å². The summed E-state index contributed by atoms with van der Waals surface area (Å²) in [5.41, 5.74) is 3.64. The molecule has 1 amide bonds. The van der Waals surface area contributed by atoms with Crippen LogP contribution in [0.1, 0.15) is 17.7 Å². The highest BCUT2D eigenvalue weighted by Crippen LogP contribution is 2.26. The summed E-state index contributed by atoms with van der Waals surface area (Å²) in [6, 6.07) is 15.6. The van der Waals surface area contributed by atoms with Crippen LogP contribution in [0.5, 0.6) is 5.75 Å². The summed E-state index contributed by atoms with van der Waals surface area (Å²) in [5.74, 6) is 0.710. The van der Waals surface area contributed by atoms with Crippen molar-refractivity contribution in [1.29, 1.82) is 0 Å². The third kappa shape index (κ3) is 4.26. The quantitative estimate of drug-likeness (QED) is 0.746. The third-order valence-electron chi connectivity index (χ3n) is 3.94. The van der Waals surface area contributed by atoms with Gasteiger partial charge in [0.25, 0.3) is 0 Å². The summed E-state index contributed by atoms with van der Waals surface area (Å²) in [7, 11) is 1.63. The van der Waals surface area contributed by atoms with Crippen molar-refractivity contribution < 1.29 is 9.53 Å². The van der Waals surface area contributed by atoms with Gasteiger partial charge in [0.1, 0.15) is 5.75 Å². The molecule has 0 bridgehead atoms. The van der Waals surface area contributed by atoms with Crippen LogP contribution in [0, 0.1) is 6.92 Å². The number of carbonyl (C=O) groups is 1. The molecular weight excluding hydrogens is 314 g/mol. The van der Waals surface area contributed by atoms with Gasteiger partial charge in [-0.2, -0.15) is 0 Å². The van der Waals surface area contributed by atoms with E-state index in [0.29, 0.717) is 6.42 Å². The molecule has 1 heterocycles. The van der Waals surface area contributed by atoms with E-state index >= 15 is 0 Å². The average molecular weight is 335 g/mol. The summed E-state index contributed by atoms with van der Waals surface area (Å²) in [4.78, 5) is 16.5. The molecule has 5 heteroatoms. The molecule has 1 aromatic heterocycles. The third-order valence-corrected chi connectivity index (χ3v) is 3.94. The minimum Gasteiger partial charge on any atom is -0.495 e. The Morgan fingerprint density at radius 3 is 2.68 bits per heavy atom. The first-order valence-corrected chi connectivity index (χ1v) is 8.18. The maximum absolute atomic E-state index is 12.2. The Bertz CT molecular complexity index is 856. The second kappa shape index (κ2) is 7.66. The first-order valence-electron chi connectivity index (χ1n) is 8.18. The van der Waals surface area contributed by atoms with Crippen LogP contribution in [0.4, 0.5) is 5.69 Å². The molecule has 0 aliphatic rings. The summed E-state index contributed by atoms with van der Waals surface area (Å²) >= 11 is 0. The highest BCUT2D eigenvalue weighted by Gasteiger charge is 2.09. The van der Waals surface area contributed by atoms with E-state index in [1.807, 2.05) is 66.2 Å². The van der Waals surface area contributed by atoms with Crippen molar-refractivity contribution in [3.05, 3.63) is 72.3 Å². The molecule has 0 atom stereocenters. The molecule has 3 rings (SSSR count). The Kier molecular flexibility index (Phi) is 5.14. The fourth-order valence-electron chi connectivity index (χ4n) is 2.65. The van der Waals surface area contributed by atoms with Crippen molar-refractivity contribution >= 4 is 11.6 Å². The van der Waals surface area contributed by atoms with Gasteiger partial charge in [0.15, 0.2) is 0 Å². The number of nitrogens with one attached hydrogen (secondary N) is 1. The molecule has 2 aromatic carbocycles. The van der Waals surface area contributed by atoms with E-state index in [0.717, 1.165) is 34.8 Å². The molecule has 3 aromatic rings.